The van der Waals surface area contributed by atoms with Gasteiger partial charge in [-0.2, -0.15) is 17.0 Å². The van der Waals surface area contributed by atoms with E-state index in [-0.39, 0.29) is 13.1 Å². The summed E-state index contributed by atoms with van der Waals surface area (Å²) in [6.45, 7) is 3.46. The van der Waals surface area contributed by atoms with Gasteiger partial charge in [-0.05, 0) is 18.8 Å². The van der Waals surface area contributed by atoms with Gasteiger partial charge in [-0.3, -0.25) is 4.79 Å². The first-order valence-corrected chi connectivity index (χ1v) is 7.29. The van der Waals surface area contributed by atoms with E-state index in [1.807, 2.05) is 0 Å². The Balaban J connectivity index is 1.94. The molecule has 0 spiro atoms. The lowest BCUT2D eigenvalue weighted by Crippen LogP contribution is -2.58. The van der Waals surface area contributed by atoms with Gasteiger partial charge in [0.2, 0.25) is 0 Å². The van der Waals surface area contributed by atoms with Crippen LogP contribution >= 0.6 is 0 Å². The number of carbonyl (C=O) groups is 1. The number of hydrogen-bond acceptors (Lipinski definition) is 3. The largest absolute Gasteiger partial charge is 0.481 e. The van der Waals surface area contributed by atoms with Gasteiger partial charge in [-0.1, -0.05) is 6.92 Å². The summed E-state index contributed by atoms with van der Waals surface area (Å²) in [7, 11) is -3.41. The minimum absolute atomic E-state index is 0.115. The predicted molar refractivity (Wildman–Crippen MR) is 61.6 cm³/mol. The zero-order valence-electron chi connectivity index (χ0n) is 9.87. The fraction of sp³-hybridized carbons (Fsp3) is 0.900. The molecule has 2 rings (SSSR count). The van der Waals surface area contributed by atoms with Crippen molar-refractivity contribution < 1.29 is 18.3 Å². The third-order valence-electron chi connectivity index (χ3n) is 3.59. The molecule has 0 aliphatic carbocycles. The summed E-state index contributed by atoms with van der Waals surface area (Å²) < 4.78 is 26.9. The van der Waals surface area contributed by atoms with Gasteiger partial charge in [0, 0.05) is 26.2 Å². The molecule has 2 aliphatic rings. The number of rotatable bonds is 3. The van der Waals surface area contributed by atoms with Gasteiger partial charge in [0.1, 0.15) is 0 Å². The maximum absolute atomic E-state index is 12.1. The number of nitrogens with zero attached hydrogens (tertiary/aromatic N) is 2. The molecule has 17 heavy (non-hydrogen) atoms. The lowest BCUT2D eigenvalue weighted by Gasteiger charge is -2.40. The molecular formula is C10H18N2O4S. The molecule has 7 heteroatoms. The van der Waals surface area contributed by atoms with Crippen LogP contribution in [0.1, 0.15) is 19.8 Å². The fourth-order valence-electron chi connectivity index (χ4n) is 2.16. The molecular weight excluding hydrogens is 244 g/mol. The van der Waals surface area contributed by atoms with Crippen LogP contribution in [0.15, 0.2) is 0 Å². The van der Waals surface area contributed by atoms with Crippen molar-refractivity contribution in [3.8, 4) is 0 Å². The van der Waals surface area contributed by atoms with Crippen molar-refractivity contribution >= 4 is 16.2 Å². The number of aliphatic carboxylic acids is 1. The van der Waals surface area contributed by atoms with Crippen molar-refractivity contribution in [2.75, 3.05) is 26.2 Å². The van der Waals surface area contributed by atoms with Crippen LogP contribution in [0.4, 0.5) is 0 Å². The van der Waals surface area contributed by atoms with Crippen molar-refractivity contribution in [2.24, 2.45) is 11.8 Å². The highest BCUT2D eigenvalue weighted by molar-refractivity contribution is 7.86. The molecule has 0 aromatic heterocycles. The van der Waals surface area contributed by atoms with Crippen LogP contribution in [0, 0.1) is 11.8 Å². The van der Waals surface area contributed by atoms with E-state index < -0.39 is 22.1 Å². The number of piperidine rings is 1. The van der Waals surface area contributed by atoms with Gasteiger partial charge in [0.15, 0.2) is 0 Å². The molecule has 6 nitrogen and oxygen atoms in total. The van der Waals surface area contributed by atoms with E-state index in [4.69, 9.17) is 5.11 Å². The first-order valence-electron chi connectivity index (χ1n) is 5.89. The molecule has 0 radical (unpaired) electrons. The van der Waals surface area contributed by atoms with E-state index in [1.54, 1.807) is 0 Å². The maximum atomic E-state index is 12.1. The molecule has 0 aromatic carbocycles. The first kappa shape index (κ1) is 12.8. The zero-order chi connectivity index (χ0) is 12.6. The Morgan fingerprint density at radius 1 is 1.18 bits per heavy atom. The van der Waals surface area contributed by atoms with Crippen LogP contribution in [0.3, 0.4) is 0 Å². The van der Waals surface area contributed by atoms with Gasteiger partial charge in [-0.25, -0.2) is 0 Å². The Kier molecular flexibility index (Phi) is 3.42. The van der Waals surface area contributed by atoms with E-state index in [0.29, 0.717) is 19.0 Å². The van der Waals surface area contributed by atoms with Crippen molar-refractivity contribution in [3.05, 3.63) is 0 Å². The van der Waals surface area contributed by atoms with E-state index in [9.17, 15) is 13.2 Å². The van der Waals surface area contributed by atoms with Crippen LogP contribution in [0.2, 0.25) is 0 Å². The summed E-state index contributed by atoms with van der Waals surface area (Å²) in [6, 6.07) is 0. The molecule has 0 bridgehead atoms. The lowest BCUT2D eigenvalue weighted by atomic mass is 10.0. The third-order valence-corrected chi connectivity index (χ3v) is 5.56. The molecule has 0 aromatic rings. The standard InChI is InChI=1S/C10H18N2O4S/c1-8-2-4-11(5-3-8)17(15,16)12-6-9(7-12)10(13)14/h8-9H,2-7H2,1H3,(H,13,14). The Bertz CT molecular complexity index is 395. The fourth-order valence-corrected chi connectivity index (χ4v) is 3.90. The van der Waals surface area contributed by atoms with Crippen molar-refractivity contribution in [1.29, 1.82) is 0 Å². The van der Waals surface area contributed by atoms with Crippen LogP contribution in [-0.4, -0.2) is 54.3 Å². The topological polar surface area (TPSA) is 77.9 Å². The molecule has 2 heterocycles. The van der Waals surface area contributed by atoms with E-state index >= 15 is 0 Å². The van der Waals surface area contributed by atoms with E-state index in [0.717, 1.165) is 12.8 Å². The molecule has 0 unspecified atom stereocenters. The van der Waals surface area contributed by atoms with Gasteiger partial charge < -0.3 is 5.11 Å². The summed E-state index contributed by atoms with van der Waals surface area (Å²) in [5.74, 6) is -0.873. The average Bonchev–Trinajstić information content (AvgIpc) is 2.14. The third kappa shape index (κ3) is 2.46. The second-order valence-corrected chi connectivity index (χ2v) is 6.87. The van der Waals surface area contributed by atoms with E-state index in [1.165, 1.54) is 8.61 Å². The Hall–Kier alpha value is -0.660. The first-order chi connectivity index (χ1) is 7.91. The van der Waals surface area contributed by atoms with Crippen molar-refractivity contribution in [3.63, 3.8) is 0 Å². The second-order valence-electron chi connectivity index (χ2n) is 4.94. The molecule has 98 valence electrons. The summed E-state index contributed by atoms with van der Waals surface area (Å²) in [5.41, 5.74) is 0. The molecule has 1 N–H and O–H groups in total. The summed E-state index contributed by atoms with van der Waals surface area (Å²) in [5, 5.41) is 8.73. The summed E-state index contributed by atoms with van der Waals surface area (Å²) in [6.07, 6.45) is 1.77. The molecule has 2 fully saturated rings. The monoisotopic (exact) mass is 262 g/mol. The molecule has 0 atom stereocenters. The lowest BCUT2D eigenvalue weighted by molar-refractivity contribution is -0.145. The molecule has 0 saturated carbocycles. The van der Waals surface area contributed by atoms with E-state index in [2.05, 4.69) is 6.92 Å². The van der Waals surface area contributed by atoms with Crippen molar-refractivity contribution in [1.82, 2.24) is 8.61 Å². The average molecular weight is 262 g/mol. The Morgan fingerprint density at radius 2 is 1.71 bits per heavy atom. The highest BCUT2D eigenvalue weighted by Crippen LogP contribution is 2.26. The van der Waals surface area contributed by atoms with Crippen LogP contribution in [-0.2, 0) is 15.0 Å². The minimum Gasteiger partial charge on any atom is -0.481 e. The SMILES string of the molecule is CC1CCN(S(=O)(=O)N2CC(C(=O)O)C2)CC1. The molecule has 2 aliphatic heterocycles. The molecule has 2 saturated heterocycles. The number of hydrogen-bond donors (Lipinski definition) is 1. The second kappa shape index (κ2) is 4.55. The highest BCUT2D eigenvalue weighted by Gasteiger charge is 2.42. The Morgan fingerprint density at radius 3 is 2.18 bits per heavy atom. The summed E-state index contributed by atoms with van der Waals surface area (Å²) >= 11 is 0. The zero-order valence-corrected chi connectivity index (χ0v) is 10.7. The van der Waals surface area contributed by atoms with Crippen LogP contribution in [0.5, 0.6) is 0 Å². The van der Waals surface area contributed by atoms with Crippen molar-refractivity contribution in [2.45, 2.75) is 19.8 Å². The predicted octanol–water partition coefficient (Wildman–Crippen LogP) is -0.0205. The minimum atomic E-state index is -3.41. The quantitative estimate of drug-likeness (QED) is 0.775. The number of carboxylic acids is 1. The highest BCUT2D eigenvalue weighted by atomic mass is 32.2. The molecule has 0 amide bonds. The number of carboxylic acid groups (broad SMARTS) is 1. The van der Waals surface area contributed by atoms with Gasteiger partial charge in [0.05, 0.1) is 5.92 Å². The summed E-state index contributed by atoms with van der Waals surface area (Å²) in [4.78, 5) is 10.6. The van der Waals surface area contributed by atoms with Gasteiger partial charge in [-0.15, -0.1) is 0 Å². The maximum Gasteiger partial charge on any atom is 0.309 e. The smallest absolute Gasteiger partial charge is 0.309 e. The van der Waals surface area contributed by atoms with Gasteiger partial charge >= 0.3 is 5.97 Å². The van der Waals surface area contributed by atoms with Crippen LogP contribution < -0.4 is 0 Å². The normalized spacial score (nSPS) is 25.7. The van der Waals surface area contributed by atoms with Gasteiger partial charge in [0.25, 0.3) is 10.2 Å². The Labute approximate surface area is 101 Å². The van der Waals surface area contributed by atoms with Crippen LogP contribution in [0.25, 0.3) is 0 Å².